The third kappa shape index (κ3) is 5.01. The Morgan fingerprint density at radius 1 is 1.33 bits per heavy atom. The number of nitrogens with zero attached hydrogens (tertiary/aromatic N) is 1. The van der Waals surface area contributed by atoms with E-state index in [9.17, 15) is 13.2 Å². The summed E-state index contributed by atoms with van der Waals surface area (Å²) >= 11 is 0. The van der Waals surface area contributed by atoms with Gasteiger partial charge in [-0.05, 0) is 24.3 Å². The average Bonchev–Trinajstić information content (AvgIpc) is 2.95. The van der Waals surface area contributed by atoms with Crippen molar-refractivity contribution < 1.29 is 17.6 Å². The van der Waals surface area contributed by atoms with Crippen molar-refractivity contribution in [1.29, 1.82) is 0 Å². The van der Waals surface area contributed by atoms with Crippen LogP contribution in [0.1, 0.15) is 21.8 Å². The summed E-state index contributed by atoms with van der Waals surface area (Å²) in [5, 5.41) is 2.70. The van der Waals surface area contributed by atoms with Crippen LogP contribution in [0.15, 0.2) is 41.1 Å². The molecule has 0 spiro atoms. The number of rotatable bonds is 6. The summed E-state index contributed by atoms with van der Waals surface area (Å²) in [5.74, 6) is 0.366. The molecule has 0 fully saturated rings. The summed E-state index contributed by atoms with van der Waals surface area (Å²) in [5.41, 5.74) is 0.868. The quantitative estimate of drug-likeness (QED) is 0.816. The molecule has 0 aliphatic carbocycles. The number of amides is 1. The monoisotopic (exact) mass is 309 g/mol. The Balaban J connectivity index is 1.97. The van der Waals surface area contributed by atoms with Crippen molar-refractivity contribution in [1.82, 2.24) is 15.0 Å². The number of carbonyl (C=O) groups is 1. The zero-order valence-corrected chi connectivity index (χ0v) is 12.2. The molecule has 21 heavy (non-hydrogen) atoms. The smallest absolute Gasteiger partial charge is 0.251 e. The van der Waals surface area contributed by atoms with Gasteiger partial charge < -0.3 is 9.73 Å². The second-order valence-corrected chi connectivity index (χ2v) is 6.22. The van der Waals surface area contributed by atoms with Crippen molar-refractivity contribution in [3.63, 3.8) is 0 Å². The lowest BCUT2D eigenvalue weighted by atomic mass is 10.2. The Bertz CT molecular complexity index is 711. The normalized spacial score (nSPS) is 11.3. The van der Waals surface area contributed by atoms with Crippen molar-refractivity contribution in [2.75, 3.05) is 6.26 Å². The van der Waals surface area contributed by atoms with Crippen molar-refractivity contribution in [3.8, 4) is 0 Å². The van der Waals surface area contributed by atoms with Crippen LogP contribution in [0.5, 0.6) is 0 Å². The third-order valence-corrected chi connectivity index (χ3v) is 3.27. The van der Waals surface area contributed by atoms with Crippen molar-refractivity contribution in [2.24, 2.45) is 0 Å². The van der Waals surface area contributed by atoms with E-state index >= 15 is 0 Å². The molecular formula is C13H15N3O4S. The SMILES string of the molecule is CS(=O)(=O)NCc1cc(C(=O)NCc2ccco2)ccn1. The van der Waals surface area contributed by atoms with Gasteiger partial charge in [0, 0.05) is 11.8 Å². The first-order chi connectivity index (χ1) is 9.94. The fraction of sp³-hybridized carbons (Fsp3) is 0.231. The second-order valence-electron chi connectivity index (χ2n) is 4.39. The van der Waals surface area contributed by atoms with Gasteiger partial charge in [-0.15, -0.1) is 0 Å². The van der Waals surface area contributed by atoms with E-state index in [2.05, 4.69) is 15.0 Å². The third-order valence-electron chi connectivity index (χ3n) is 2.60. The van der Waals surface area contributed by atoms with Gasteiger partial charge in [-0.3, -0.25) is 9.78 Å². The van der Waals surface area contributed by atoms with E-state index in [1.165, 1.54) is 18.5 Å². The molecule has 0 unspecified atom stereocenters. The number of sulfonamides is 1. The van der Waals surface area contributed by atoms with Gasteiger partial charge >= 0.3 is 0 Å². The zero-order valence-electron chi connectivity index (χ0n) is 11.4. The van der Waals surface area contributed by atoms with Gasteiger partial charge in [0.15, 0.2) is 0 Å². The first-order valence-corrected chi connectivity index (χ1v) is 8.03. The van der Waals surface area contributed by atoms with Crippen LogP contribution in [0.3, 0.4) is 0 Å². The van der Waals surface area contributed by atoms with Crippen molar-refractivity contribution in [3.05, 3.63) is 53.7 Å². The Labute approximate surface area is 122 Å². The molecule has 2 heterocycles. The summed E-state index contributed by atoms with van der Waals surface area (Å²) in [4.78, 5) is 16.0. The van der Waals surface area contributed by atoms with Crippen LogP contribution in [0.2, 0.25) is 0 Å². The van der Waals surface area contributed by atoms with Gasteiger partial charge in [-0.25, -0.2) is 13.1 Å². The standard InChI is InChI=1S/C13H15N3O4S/c1-21(18,19)16-8-11-7-10(4-5-14-11)13(17)15-9-12-3-2-6-20-12/h2-7,16H,8-9H2,1H3,(H,15,17). The molecule has 2 aromatic rings. The molecule has 0 atom stereocenters. The van der Waals surface area contributed by atoms with Gasteiger partial charge in [0.05, 0.1) is 31.3 Å². The van der Waals surface area contributed by atoms with Gasteiger partial charge in [0.1, 0.15) is 5.76 Å². The van der Waals surface area contributed by atoms with Crippen molar-refractivity contribution >= 4 is 15.9 Å². The average molecular weight is 309 g/mol. The minimum atomic E-state index is -3.30. The molecule has 8 heteroatoms. The summed E-state index contributed by atoms with van der Waals surface area (Å²) in [6.45, 7) is 0.323. The Kier molecular flexibility index (Phi) is 4.71. The van der Waals surface area contributed by atoms with Crippen molar-refractivity contribution in [2.45, 2.75) is 13.1 Å². The molecule has 112 valence electrons. The molecule has 2 N–H and O–H groups in total. The van der Waals surface area contributed by atoms with Gasteiger partial charge in [-0.1, -0.05) is 0 Å². The molecule has 0 aromatic carbocycles. The number of carbonyl (C=O) groups excluding carboxylic acids is 1. The lowest BCUT2D eigenvalue weighted by molar-refractivity contribution is 0.0948. The largest absolute Gasteiger partial charge is 0.467 e. The van der Waals surface area contributed by atoms with Crippen LogP contribution in [0.4, 0.5) is 0 Å². The van der Waals surface area contributed by atoms with Crippen LogP contribution in [-0.4, -0.2) is 25.6 Å². The number of hydrogen-bond donors (Lipinski definition) is 2. The fourth-order valence-electron chi connectivity index (χ4n) is 1.60. The maximum atomic E-state index is 12.0. The number of nitrogens with one attached hydrogen (secondary N) is 2. The molecule has 7 nitrogen and oxygen atoms in total. The molecule has 0 saturated carbocycles. The Morgan fingerprint density at radius 3 is 2.81 bits per heavy atom. The van der Waals surface area contributed by atoms with Crippen LogP contribution >= 0.6 is 0 Å². The number of hydrogen-bond acceptors (Lipinski definition) is 5. The molecule has 0 bridgehead atoms. The summed E-state index contributed by atoms with van der Waals surface area (Å²) in [7, 11) is -3.30. The highest BCUT2D eigenvalue weighted by Crippen LogP contribution is 2.04. The highest BCUT2D eigenvalue weighted by atomic mass is 32.2. The lowest BCUT2D eigenvalue weighted by Gasteiger charge is -2.06. The van der Waals surface area contributed by atoms with E-state index in [1.807, 2.05) is 0 Å². The molecule has 0 aliphatic rings. The zero-order chi connectivity index (χ0) is 15.3. The predicted octanol–water partition coefficient (Wildman–Crippen LogP) is 0.654. The summed E-state index contributed by atoms with van der Waals surface area (Å²) in [6.07, 6.45) is 4.05. The highest BCUT2D eigenvalue weighted by molar-refractivity contribution is 7.88. The topological polar surface area (TPSA) is 101 Å². The second kappa shape index (κ2) is 6.51. The molecule has 2 aromatic heterocycles. The first kappa shape index (κ1) is 15.2. The van der Waals surface area contributed by atoms with Crippen LogP contribution in [-0.2, 0) is 23.1 Å². The molecular weight excluding hydrogens is 294 g/mol. The van der Waals surface area contributed by atoms with E-state index in [4.69, 9.17) is 4.42 Å². The first-order valence-electron chi connectivity index (χ1n) is 6.14. The Hall–Kier alpha value is -2.19. The molecule has 0 saturated heterocycles. The lowest BCUT2D eigenvalue weighted by Crippen LogP contribution is -2.24. The van der Waals surface area contributed by atoms with E-state index in [1.54, 1.807) is 18.2 Å². The van der Waals surface area contributed by atoms with Gasteiger partial charge in [0.2, 0.25) is 10.0 Å². The fourth-order valence-corrected chi connectivity index (χ4v) is 2.01. The van der Waals surface area contributed by atoms with E-state index in [0.717, 1.165) is 6.26 Å². The number of furan rings is 1. The molecule has 1 amide bonds. The minimum absolute atomic E-state index is 0.0398. The molecule has 2 rings (SSSR count). The number of aromatic nitrogens is 1. The van der Waals surface area contributed by atoms with E-state index in [-0.39, 0.29) is 19.0 Å². The van der Waals surface area contributed by atoms with Gasteiger partial charge in [0.25, 0.3) is 5.91 Å². The van der Waals surface area contributed by atoms with Crippen LogP contribution in [0, 0.1) is 0 Å². The summed E-state index contributed by atoms with van der Waals surface area (Å²) < 4.78 is 29.5. The predicted molar refractivity (Wildman–Crippen MR) is 75.8 cm³/mol. The van der Waals surface area contributed by atoms with Crippen LogP contribution < -0.4 is 10.0 Å². The maximum Gasteiger partial charge on any atom is 0.251 e. The Morgan fingerprint density at radius 2 is 2.14 bits per heavy atom. The maximum absolute atomic E-state index is 12.0. The van der Waals surface area contributed by atoms with E-state index < -0.39 is 10.0 Å². The van der Waals surface area contributed by atoms with Gasteiger partial charge in [-0.2, -0.15) is 0 Å². The highest BCUT2D eigenvalue weighted by Gasteiger charge is 2.08. The molecule has 0 radical (unpaired) electrons. The minimum Gasteiger partial charge on any atom is -0.467 e. The van der Waals surface area contributed by atoms with Crippen LogP contribution in [0.25, 0.3) is 0 Å². The molecule has 0 aliphatic heterocycles. The summed E-state index contributed by atoms with van der Waals surface area (Å²) in [6, 6.07) is 6.59. The van der Waals surface area contributed by atoms with E-state index in [0.29, 0.717) is 17.0 Å². The number of pyridine rings is 1.